The maximum Gasteiger partial charge on any atom is 0.319 e. The van der Waals surface area contributed by atoms with E-state index < -0.39 is 0 Å². The van der Waals surface area contributed by atoms with Crippen LogP contribution in [0.3, 0.4) is 0 Å². The zero-order valence-corrected chi connectivity index (χ0v) is 11.3. The number of amides is 3. The molecule has 0 radical (unpaired) electrons. The molecule has 0 spiro atoms. The number of nitrogens with one attached hydrogen (secondary N) is 2. The topological polar surface area (TPSA) is 61.4 Å². The van der Waals surface area contributed by atoms with E-state index in [-0.39, 0.29) is 12.1 Å². The molecule has 1 aliphatic rings. The molecule has 0 bridgehead atoms. The minimum absolute atomic E-state index is 0.123. The van der Waals surface area contributed by atoms with Crippen LogP contribution in [0.25, 0.3) is 0 Å². The summed E-state index contributed by atoms with van der Waals surface area (Å²) in [5.41, 5.74) is 0.725. The molecule has 3 amide bonds. The fourth-order valence-corrected chi connectivity index (χ4v) is 1.88. The predicted octanol–water partition coefficient (Wildman–Crippen LogP) is 1.55. The number of carbonyl (C=O) groups is 2. The molecule has 5 nitrogen and oxygen atoms in total. The number of hydrogen-bond acceptors (Lipinski definition) is 2. The lowest BCUT2D eigenvalue weighted by Gasteiger charge is -2.29. The van der Waals surface area contributed by atoms with Crippen LogP contribution in [0.1, 0.15) is 19.8 Å². The summed E-state index contributed by atoms with van der Waals surface area (Å²) in [5.74, 6) is 0. The fourth-order valence-electron chi connectivity index (χ4n) is 1.88. The smallest absolute Gasteiger partial charge is 0.319 e. The Balaban J connectivity index is 2.37. The Morgan fingerprint density at radius 1 is 1.37 bits per heavy atom. The van der Waals surface area contributed by atoms with E-state index in [0.717, 1.165) is 24.9 Å². The third kappa shape index (κ3) is 5.42. The van der Waals surface area contributed by atoms with Gasteiger partial charge in [0.15, 0.2) is 0 Å². The van der Waals surface area contributed by atoms with Gasteiger partial charge >= 0.3 is 6.03 Å². The van der Waals surface area contributed by atoms with Gasteiger partial charge in [0, 0.05) is 24.8 Å². The quantitative estimate of drug-likeness (QED) is 0.584. The van der Waals surface area contributed by atoms with Crippen molar-refractivity contribution in [1.29, 1.82) is 0 Å². The highest BCUT2D eigenvalue weighted by Crippen LogP contribution is 2.08. The summed E-state index contributed by atoms with van der Waals surface area (Å²) in [6, 6.07) is -0.0935. The van der Waals surface area contributed by atoms with Gasteiger partial charge in [-0.3, -0.25) is 4.79 Å². The first-order valence-corrected chi connectivity index (χ1v) is 6.42. The molecule has 0 aromatic carbocycles. The first-order valence-electron chi connectivity index (χ1n) is 6.42. The van der Waals surface area contributed by atoms with Gasteiger partial charge in [0.05, 0.1) is 0 Å². The second kappa shape index (κ2) is 8.13. The highest BCUT2D eigenvalue weighted by molar-refractivity contribution is 5.76. The third-order valence-electron chi connectivity index (χ3n) is 2.99. The van der Waals surface area contributed by atoms with Crippen molar-refractivity contribution >= 4 is 12.4 Å². The van der Waals surface area contributed by atoms with Crippen molar-refractivity contribution in [3.63, 3.8) is 0 Å². The molecule has 19 heavy (non-hydrogen) atoms. The first kappa shape index (κ1) is 15.0. The number of allylic oxidation sites excluding steroid dienone is 4. The van der Waals surface area contributed by atoms with Crippen molar-refractivity contribution in [2.45, 2.75) is 25.8 Å². The second-order valence-corrected chi connectivity index (χ2v) is 4.35. The van der Waals surface area contributed by atoms with Crippen molar-refractivity contribution in [2.24, 2.45) is 0 Å². The van der Waals surface area contributed by atoms with Crippen molar-refractivity contribution in [1.82, 2.24) is 15.5 Å². The molecule has 104 valence electrons. The van der Waals surface area contributed by atoms with E-state index in [0.29, 0.717) is 13.1 Å². The van der Waals surface area contributed by atoms with Crippen LogP contribution in [-0.2, 0) is 4.79 Å². The molecule has 0 aliphatic carbocycles. The zero-order chi connectivity index (χ0) is 14.1. The molecule has 1 rings (SSSR count). The standard InChI is InChI=1S/C14H21N3O2/c1-3-5-6-12(4-2)15-14(19)16-13-7-9-17(11-18)10-8-13/h3-6,11,13H,1,7-10H2,2H3,(H2,15,16,19)/b6-5-,12-4+. The zero-order valence-electron chi connectivity index (χ0n) is 11.3. The molecule has 0 aromatic heterocycles. The third-order valence-corrected chi connectivity index (χ3v) is 2.99. The maximum atomic E-state index is 11.8. The molecule has 0 saturated carbocycles. The summed E-state index contributed by atoms with van der Waals surface area (Å²) in [6.45, 7) is 6.82. The van der Waals surface area contributed by atoms with Crippen LogP contribution in [-0.4, -0.2) is 36.5 Å². The maximum absolute atomic E-state index is 11.8. The summed E-state index contributed by atoms with van der Waals surface area (Å²) < 4.78 is 0. The molecule has 1 aliphatic heterocycles. The lowest BCUT2D eigenvalue weighted by molar-refractivity contribution is -0.119. The summed E-state index contributed by atoms with van der Waals surface area (Å²) in [7, 11) is 0. The van der Waals surface area contributed by atoms with Gasteiger partial charge < -0.3 is 15.5 Å². The Morgan fingerprint density at radius 3 is 2.58 bits per heavy atom. The number of piperidine rings is 1. The number of likely N-dealkylation sites (tertiary alicyclic amines) is 1. The monoisotopic (exact) mass is 263 g/mol. The van der Waals surface area contributed by atoms with E-state index >= 15 is 0 Å². The number of hydrogen-bond donors (Lipinski definition) is 2. The average molecular weight is 263 g/mol. The van der Waals surface area contributed by atoms with Crippen LogP contribution < -0.4 is 10.6 Å². The van der Waals surface area contributed by atoms with E-state index in [2.05, 4.69) is 17.2 Å². The molecule has 1 heterocycles. The van der Waals surface area contributed by atoms with Crippen molar-refractivity contribution in [2.75, 3.05) is 13.1 Å². The van der Waals surface area contributed by atoms with Crippen LogP contribution in [0, 0.1) is 0 Å². The Hall–Kier alpha value is -2.04. The van der Waals surface area contributed by atoms with Crippen LogP contribution in [0.4, 0.5) is 4.79 Å². The highest BCUT2D eigenvalue weighted by atomic mass is 16.2. The van der Waals surface area contributed by atoms with Crippen LogP contribution >= 0.6 is 0 Å². The Bertz CT molecular complexity index is 380. The van der Waals surface area contributed by atoms with Crippen LogP contribution in [0.5, 0.6) is 0 Å². The fraction of sp³-hybridized carbons (Fsp3) is 0.429. The minimum atomic E-state index is -0.216. The molecule has 0 aromatic rings. The highest BCUT2D eigenvalue weighted by Gasteiger charge is 2.19. The average Bonchev–Trinajstić information content (AvgIpc) is 2.44. The van der Waals surface area contributed by atoms with Crippen molar-refractivity contribution in [3.8, 4) is 0 Å². The van der Waals surface area contributed by atoms with Crippen molar-refractivity contribution < 1.29 is 9.59 Å². The van der Waals surface area contributed by atoms with E-state index in [9.17, 15) is 9.59 Å². The van der Waals surface area contributed by atoms with Gasteiger partial charge in [0.2, 0.25) is 6.41 Å². The lowest BCUT2D eigenvalue weighted by atomic mass is 10.1. The number of urea groups is 1. The molecular weight excluding hydrogens is 242 g/mol. The normalized spacial score (nSPS) is 17.3. The van der Waals surface area contributed by atoms with Gasteiger partial charge in [-0.1, -0.05) is 24.8 Å². The summed E-state index contributed by atoms with van der Waals surface area (Å²) in [6.07, 6.45) is 9.44. The van der Waals surface area contributed by atoms with E-state index in [1.165, 1.54) is 0 Å². The first-order chi connectivity index (χ1) is 9.19. The van der Waals surface area contributed by atoms with Crippen molar-refractivity contribution in [3.05, 3.63) is 36.6 Å². The predicted molar refractivity (Wildman–Crippen MR) is 75.4 cm³/mol. The van der Waals surface area contributed by atoms with Gasteiger partial charge in [-0.2, -0.15) is 0 Å². The largest absolute Gasteiger partial charge is 0.345 e. The summed E-state index contributed by atoms with van der Waals surface area (Å²) in [4.78, 5) is 24.1. The van der Waals surface area contributed by atoms with E-state index in [4.69, 9.17) is 0 Å². The molecule has 2 N–H and O–H groups in total. The lowest BCUT2D eigenvalue weighted by Crippen LogP contribution is -2.47. The summed E-state index contributed by atoms with van der Waals surface area (Å²) >= 11 is 0. The Morgan fingerprint density at radius 2 is 2.05 bits per heavy atom. The minimum Gasteiger partial charge on any atom is -0.345 e. The molecule has 1 saturated heterocycles. The number of carbonyl (C=O) groups excluding carboxylic acids is 2. The van der Waals surface area contributed by atoms with Gasteiger partial charge in [-0.15, -0.1) is 0 Å². The Kier molecular flexibility index (Phi) is 6.43. The van der Waals surface area contributed by atoms with Gasteiger partial charge in [-0.05, 0) is 25.8 Å². The molecule has 0 unspecified atom stereocenters. The van der Waals surface area contributed by atoms with Crippen LogP contribution in [0.2, 0.25) is 0 Å². The molecule has 1 fully saturated rings. The van der Waals surface area contributed by atoms with Gasteiger partial charge in [0.25, 0.3) is 0 Å². The SMILES string of the molecule is C=C/C=C\C(=C/C)NC(=O)NC1CCN(C=O)CC1. The molecular formula is C14H21N3O2. The van der Waals surface area contributed by atoms with Crippen LogP contribution in [0.15, 0.2) is 36.6 Å². The number of rotatable bonds is 5. The number of nitrogens with zero attached hydrogens (tertiary/aromatic N) is 1. The summed E-state index contributed by atoms with van der Waals surface area (Å²) in [5, 5.41) is 5.68. The molecule has 0 atom stereocenters. The van der Waals surface area contributed by atoms with E-state index in [1.807, 2.05) is 13.0 Å². The van der Waals surface area contributed by atoms with Gasteiger partial charge in [0.1, 0.15) is 0 Å². The Labute approximate surface area is 114 Å². The second-order valence-electron chi connectivity index (χ2n) is 4.35. The molecule has 5 heteroatoms. The van der Waals surface area contributed by atoms with E-state index in [1.54, 1.807) is 23.1 Å². The van der Waals surface area contributed by atoms with Gasteiger partial charge in [-0.25, -0.2) is 4.79 Å².